The fraction of sp³-hybridized carbons (Fsp3) is 0.615. The van der Waals surface area contributed by atoms with Gasteiger partial charge in [0.1, 0.15) is 5.82 Å². The summed E-state index contributed by atoms with van der Waals surface area (Å²) < 4.78 is 0.771. The Morgan fingerprint density at radius 1 is 1.40 bits per heavy atom. The van der Waals surface area contributed by atoms with Crippen LogP contribution in [0.4, 0.5) is 11.8 Å². The molecule has 1 heterocycles. The van der Waals surface area contributed by atoms with Gasteiger partial charge in [0.2, 0.25) is 11.9 Å². The zero-order chi connectivity index (χ0) is 15.2. The van der Waals surface area contributed by atoms with E-state index in [-0.39, 0.29) is 5.91 Å². The molecule has 0 bridgehead atoms. The van der Waals surface area contributed by atoms with Crippen LogP contribution in [0, 0.1) is 5.41 Å². The van der Waals surface area contributed by atoms with Gasteiger partial charge in [-0.2, -0.15) is 4.98 Å². The van der Waals surface area contributed by atoms with Gasteiger partial charge in [-0.15, -0.1) is 0 Å². The van der Waals surface area contributed by atoms with Gasteiger partial charge < -0.3 is 16.0 Å². The number of hydrogen-bond donors (Lipinski definition) is 3. The van der Waals surface area contributed by atoms with Crippen molar-refractivity contribution in [3.05, 3.63) is 10.7 Å². The van der Waals surface area contributed by atoms with Crippen LogP contribution in [0.3, 0.4) is 0 Å². The second-order valence-electron chi connectivity index (χ2n) is 5.13. The minimum absolute atomic E-state index is 0.0143. The van der Waals surface area contributed by atoms with E-state index in [4.69, 9.17) is 0 Å². The van der Waals surface area contributed by atoms with Crippen molar-refractivity contribution in [3.63, 3.8) is 0 Å². The number of nitrogens with zero attached hydrogens (tertiary/aromatic N) is 2. The van der Waals surface area contributed by atoms with Crippen LogP contribution >= 0.6 is 15.9 Å². The van der Waals surface area contributed by atoms with E-state index in [1.54, 1.807) is 13.2 Å². The van der Waals surface area contributed by atoms with Crippen molar-refractivity contribution in [2.45, 2.75) is 27.2 Å². The summed E-state index contributed by atoms with van der Waals surface area (Å²) in [5, 5.41) is 8.98. The predicted molar refractivity (Wildman–Crippen MR) is 84.9 cm³/mol. The molecule has 0 saturated heterocycles. The minimum atomic E-state index is -0.518. The zero-order valence-corrected chi connectivity index (χ0v) is 14.0. The molecule has 1 aromatic heterocycles. The quantitative estimate of drug-likeness (QED) is 0.707. The molecule has 0 aliphatic carbocycles. The Bertz CT molecular complexity index is 464. The molecule has 7 heteroatoms. The molecule has 112 valence electrons. The molecule has 1 amide bonds. The smallest absolute Gasteiger partial charge is 0.227 e. The first kappa shape index (κ1) is 16.7. The highest BCUT2D eigenvalue weighted by Gasteiger charge is 2.26. The summed E-state index contributed by atoms with van der Waals surface area (Å²) in [6.07, 6.45) is 2.70. The Labute approximate surface area is 128 Å². The maximum Gasteiger partial charge on any atom is 0.227 e. The van der Waals surface area contributed by atoms with Gasteiger partial charge in [-0.1, -0.05) is 6.92 Å². The van der Waals surface area contributed by atoms with Gasteiger partial charge in [0.25, 0.3) is 0 Å². The third kappa shape index (κ3) is 4.63. The van der Waals surface area contributed by atoms with Crippen molar-refractivity contribution >= 4 is 33.6 Å². The molecule has 0 fully saturated rings. The number of nitrogens with one attached hydrogen (secondary N) is 3. The van der Waals surface area contributed by atoms with Crippen molar-refractivity contribution in [2.75, 3.05) is 30.8 Å². The SMILES string of the molecule is CCCNc1ncc(Br)c(NCC(C)(C)C(=O)NC)n1. The van der Waals surface area contributed by atoms with Crippen LogP contribution in [0.2, 0.25) is 0 Å². The topological polar surface area (TPSA) is 78.9 Å². The Hall–Kier alpha value is -1.37. The van der Waals surface area contributed by atoms with Crippen LogP contribution in [0.25, 0.3) is 0 Å². The summed E-state index contributed by atoms with van der Waals surface area (Å²) in [7, 11) is 1.64. The van der Waals surface area contributed by atoms with Gasteiger partial charge in [0, 0.05) is 26.3 Å². The average molecular weight is 344 g/mol. The molecule has 1 aromatic rings. The molecule has 0 aliphatic rings. The number of hydrogen-bond acceptors (Lipinski definition) is 5. The highest BCUT2D eigenvalue weighted by Crippen LogP contribution is 2.23. The molecule has 0 spiro atoms. The number of carbonyl (C=O) groups is 1. The monoisotopic (exact) mass is 343 g/mol. The fourth-order valence-electron chi connectivity index (χ4n) is 1.54. The summed E-state index contributed by atoms with van der Waals surface area (Å²) in [5.41, 5.74) is -0.518. The highest BCUT2D eigenvalue weighted by atomic mass is 79.9. The van der Waals surface area contributed by atoms with E-state index in [0.29, 0.717) is 18.3 Å². The average Bonchev–Trinajstić information content (AvgIpc) is 2.44. The van der Waals surface area contributed by atoms with Gasteiger partial charge in [-0.25, -0.2) is 4.98 Å². The molecule has 20 heavy (non-hydrogen) atoms. The molecule has 0 radical (unpaired) electrons. The third-order valence-corrected chi connectivity index (χ3v) is 3.40. The summed E-state index contributed by atoms with van der Waals surface area (Å²) >= 11 is 3.40. The van der Waals surface area contributed by atoms with E-state index >= 15 is 0 Å². The normalized spacial score (nSPS) is 11.1. The summed E-state index contributed by atoms with van der Waals surface area (Å²) in [5.74, 6) is 1.24. The molecule has 1 rings (SSSR count). The molecular formula is C13H22BrN5O. The summed E-state index contributed by atoms with van der Waals surface area (Å²) in [6.45, 7) is 7.14. The van der Waals surface area contributed by atoms with E-state index in [2.05, 4.69) is 48.8 Å². The lowest BCUT2D eigenvalue weighted by molar-refractivity contribution is -0.128. The van der Waals surface area contributed by atoms with Crippen molar-refractivity contribution in [2.24, 2.45) is 5.41 Å². The van der Waals surface area contributed by atoms with Gasteiger partial charge in [0.15, 0.2) is 0 Å². The van der Waals surface area contributed by atoms with Crippen LogP contribution in [0.15, 0.2) is 10.7 Å². The van der Waals surface area contributed by atoms with Crippen LogP contribution in [-0.4, -0.2) is 36.0 Å². The van der Waals surface area contributed by atoms with Crippen LogP contribution < -0.4 is 16.0 Å². The fourth-order valence-corrected chi connectivity index (χ4v) is 1.87. The number of anilines is 2. The zero-order valence-electron chi connectivity index (χ0n) is 12.4. The molecular weight excluding hydrogens is 322 g/mol. The predicted octanol–water partition coefficient (Wildman–Crippen LogP) is 2.25. The van der Waals surface area contributed by atoms with E-state index in [1.807, 2.05) is 13.8 Å². The second kappa shape index (κ2) is 7.42. The van der Waals surface area contributed by atoms with Gasteiger partial charge in [-0.3, -0.25) is 4.79 Å². The largest absolute Gasteiger partial charge is 0.368 e. The van der Waals surface area contributed by atoms with Crippen LogP contribution in [0.5, 0.6) is 0 Å². The maximum absolute atomic E-state index is 11.7. The minimum Gasteiger partial charge on any atom is -0.368 e. The maximum atomic E-state index is 11.7. The van der Waals surface area contributed by atoms with Gasteiger partial charge >= 0.3 is 0 Å². The molecule has 0 atom stereocenters. The van der Waals surface area contributed by atoms with Crippen molar-refractivity contribution in [1.29, 1.82) is 0 Å². The van der Waals surface area contributed by atoms with Crippen LogP contribution in [-0.2, 0) is 4.79 Å². The van der Waals surface area contributed by atoms with Crippen molar-refractivity contribution < 1.29 is 4.79 Å². The number of aromatic nitrogens is 2. The first-order valence-corrected chi connectivity index (χ1v) is 7.42. The molecule has 0 aromatic carbocycles. The summed E-state index contributed by atoms with van der Waals surface area (Å²) in [4.78, 5) is 20.3. The van der Waals surface area contributed by atoms with Gasteiger partial charge in [0.05, 0.1) is 9.89 Å². The van der Waals surface area contributed by atoms with E-state index in [9.17, 15) is 4.79 Å². The molecule has 0 saturated carbocycles. The Kier molecular flexibility index (Phi) is 6.19. The third-order valence-electron chi connectivity index (χ3n) is 2.82. The van der Waals surface area contributed by atoms with E-state index in [1.165, 1.54) is 0 Å². The number of rotatable bonds is 7. The van der Waals surface area contributed by atoms with E-state index < -0.39 is 5.41 Å². The highest BCUT2D eigenvalue weighted by molar-refractivity contribution is 9.10. The molecule has 3 N–H and O–H groups in total. The number of amides is 1. The van der Waals surface area contributed by atoms with E-state index in [0.717, 1.165) is 17.4 Å². The number of carbonyl (C=O) groups excluding carboxylic acids is 1. The van der Waals surface area contributed by atoms with Crippen molar-refractivity contribution in [3.8, 4) is 0 Å². The van der Waals surface area contributed by atoms with Crippen molar-refractivity contribution in [1.82, 2.24) is 15.3 Å². The number of halogens is 1. The van der Waals surface area contributed by atoms with Gasteiger partial charge in [-0.05, 0) is 36.2 Å². The lowest BCUT2D eigenvalue weighted by Crippen LogP contribution is -2.39. The standard InChI is InChI=1S/C13H22BrN5O/c1-5-6-16-12-17-7-9(14)10(19-12)18-8-13(2,3)11(20)15-4/h7H,5-6,8H2,1-4H3,(H,15,20)(H2,16,17,18,19). The first-order valence-electron chi connectivity index (χ1n) is 6.63. The molecule has 0 unspecified atom stereocenters. The lowest BCUT2D eigenvalue weighted by atomic mass is 9.92. The summed E-state index contributed by atoms with van der Waals surface area (Å²) in [6, 6.07) is 0. The Balaban J connectivity index is 2.74. The molecule has 0 aliphatic heterocycles. The van der Waals surface area contributed by atoms with Crippen LogP contribution in [0.1, 0.15) is 27.2 Å². The second-order valence-corrected chi connectivity index (χ2v) is 5.99. The Morgan fingerprint density at radius 2 is 2.10 bits per heavy atom. The first-order chi connectivity index (χ1) is 9.40. The lowest BCUT2D eigenvalue weighted by Gasteiger charge is -2.23. The Morgan fingerprint density at radius 3 is 2.70 bits per heavy atom. The molecule has 6 nitrogen and oxygen atoms in total.